The van der Waals surface area contributed by atoms with E-state index in [0.717, 1.165) is 25.3 Å². The minimum Gasteiger partial charge on any atom is -0.374 e. The molecule has 28 heavy (non-hydrogen) atoms. The number of anilines is 1. The summed E-state index contributed by atoms with van der Waals surface area (Å²) in [6.45, 7) is 9.86. The molecule has 7 nitrogen and oxygen atoms in total. The van der Waals surface area contributed by atoms with Gasteiger partial charge in [0.15, 0.2) is 5.78 Å². The van der Waals surface area contributed by atoms with Gasteiger partial charge < -0.3 is 10.1 Å². The summed E-state index contributed by atoms with van der Waals surface area (Å²) in [6, 6.07) is 9.04. The second-order valence-corrected chi connectivity index (χ2v) is 7.91. The maximum absolute atomic E-state index is 12.6. The number of benzene rings is 1. The number of nitrogens with one attached hydrogen (secondary N) is 1. The van der Waals surface area contributed by atoms with Crippen molar-refractivity contribution in [1.29, 1.82) is 0 Å². The summed E-state index contributed by atoms with van der Waals surface area (Å²) in [4.78, 5) is 27.1. The Kier molecular flexibility index (Phi) is 6.80. The van der Waals surface area contributed by atoms with Gasteiger partial charge in [-0.05, 0) is 25.0 Å². The molecule has 2 aliphatic rings. The lowest BCUT2D eigenvalue weighted by Gasteiger charge is -2.33. The van der Waals surface area contributed by atoms with Crippen LogP contribution in [0.15, 0.2) is 35.4 Å². The minimum atomic E-state index is -0.435. The maximum atomic E-state index is 12.6. The van der Waals surface area contributed by atoms with Crippen LogP contribution >= 0.6 is 0 Å². The topological polar surface area (TPSA) is 74.2 Å². The maximum Gasteiger partial charge on any atom is 0.267 e. The Hall–Kier alpha value is -2.25. The molecule has 2 heterocycles. The summed E-state index contributed by atoms with van der Waals surface area (Å²) in [7, 11) is 0. The molecule has 7 heteroatoms. The highest BCUT2D eigenvalue weighted by atomic mass is 16.5. The molecule has 0 spiro atoms. The second-order valence-electron chi connectivity index (χ2n) is 7.91. The van der Waals surface area contributed by atoms with E-state index in [2.05, 4.69) is 29.2 Å². The average molecular weight is 386 g/mol. The molecule has 1 saturated heterocycles. The number of ketones is 1. The van der Waals surface area contributed by atoms with Gasteiger partial charge in [-0.3, -0.25) is 19.5 Å². The van der Waals surface area contributed by atoms with Crippen molar-refractivity contribution in [1.82, 2.24) is 10.2 Å². The van der Waals surface area contributed by atoms with Gasteiger partial charge in [-0.1, -0.05) is 32.0 Å². The molecule has 0 aliphatic carbocycles. The number of hydrazone groups is 1. The van der Waals surface area contributed by atoms with Crippen molar-refractivity contribution in [3.05, 3.63) is 30.3 Å². The SMILES string of the molecule is CC(=O)C1CC(C(=O)NCC2CN(CC(C)C)CCO2)=NN1c1ccccc1. The van der Waals surface area contributed by atoms with E-state index in [1.807, 2.05) is 30.3 Å². The van der Waals surface area contributed by atoms with Crippen LogP contribution in [0.4, 0.5) is 5.69 Å². The molecule has 2 unspecified atom stereocenters. The lowest BCUT2D eigenvalue weighted by molar-refractivity contribution is -0.118. The van der Waals surface area contributed by atoms with Gasteiger partial charge in [0.1, 0.15) is 11.8 Å². The van der Waals surface area contributed by atoms with E-state index in [1.54, 1.807) is 5.01 Å². The summed E-state index contributed by atoms with van der Waals surface area (Å²) < 4.78 is 5.79. The largest absolute Gasteiger partial charge is 0.374 e. The van der Waals surface area contributed by atoms with Crippen LogP contribution in [0.25, 0.3) is 0 Å². The molecule has 0 saturated carbocycles. The van der Waals surface area contributed by atoms with Crippen LogP contribution in [0.1, 0.15) is 27.2 Å². The van der Waals surface area contributed by atoms with Crippen LogP contribution in [-0.4, -0.2) is 67.2 Å². The first-order chi connectivity index (χ1) is 13.4. The number of hydrogen-bond acceptors (Lipinski definition) is 6. The minimum absolute atomic E-state index is 0.00431. The predicted octanol–water partition coefficient (Wildman–Crippen LogP) is 1.68. The van der Waals surface area contributed by atoms with Gasteiger partial charge in [0, 0.05) is 32.6 Å². The predicted molar refractivity (Wildman–Crippen MR) is 109 cm³/mol. The molecular formula is C21H30N4O3. The molecule has 1 amide bonds. The molecule has 1 aromatic rings. The molecule has 1 aromatic carbocycles. The third-order valence-electron chi connectivity index (χ3n) is 5.00. The van der Waals surface area contributed by atoms with Gasteiger partial charge in [-0.15, -0.1) is 0 Å². The molecule has 0 radical (unpaired) electrons. The van der Waals surface area contributed by atoms with Gasteiger partial charge in [0.2, 0.25) is 0 Å². The van der Waals surface area contributed by atoms with Crippen molar-refractivity contribution in [3.8, 4) is 0 Å². The fourth-order valence-corrected chi connectivity index (χ4v) is 3.68. The fourth-order valence-electron chi connectivity index (χ4n) is 3.68. The number of morpholine rings is 1. The Bertz CT molecular complexity index is 720. The van der Waals surface area contributed by atoms with E-state index in [1.165, 1.54) is 6.92 Å². The van der Waals surface area contributed by atoms with Gasteiger partial charge in [-0.25, -0.2) is 0 Å². The number of nitrogens with zero attached hydrogens (tertiary/aromatic N) is 3. The summed E-state index contributed by atoms with van der Waals surface area (Å²) >= 11 is 0. The molecular weight excluding hydrogens is 356 g/mol. The van der Waals surface area contributed by atoms with Crippen LogP contribution in [0.3, 0.4) is 0 Å². The fraction of sp³-hybridized carbons (Fsp3) is 0.571. The number of carbonyl (C=O) groups excluding carboxylic acids is 2. The van der Waals surface area contributed by atoms with E-state index in [0.29, 0.717) is 31.2 Å². The highest BCUT2D eigenvalue weighted by molar-refractivity contribution is 6.40. The summed E-state index contributed by atoms with van der Waals surface area (Å²) in [5.41, 5.74) is 1.20. The van der Waals surface area contributed by atoms with E-state index < -0.39 is 6.04 Å². The zero-order valence-electron chi connectivity index (χ0n) is 16.9. The van der Waals surface area contributed by atoms with Crippen LogP contribution in [0.2, 0.25) is 0 Å². The number of para-hydroxylation sites is 1. The highest BCUT2D eigenvalue weighted by Crippen LogP contribution is 2.25. The molecule has 152 valence electrons. The van der Waals surface area contributed by atoms with Crippen molar-refractivity contribution in [2.75, 3.05) is 37.8 Å². The molecule has 2 atom stereocenters. The lowest BCUT2D eigenvalue weighted by Crippen LogP contribution is -2.49. The molecule has 1 N–H and O–H groups in total. The molecule has 0 aromatic heterocycles. The van der Waals surface area contributed by atoms with E-state index in [4.69, 9.17) is 4.74 Å². The first kappa shape index (κ1) is 20.5. The summed E-state index contributed by atoms with van der Waals surface area (Å²) in [6.07, 6.45) is 0.299. The first-order valence-corrected chi connectivity index (χ1v) is 9.98. The number of carbonyl (C=O) groups is 2. The average Bonchev–Trinajstić information content (AvgIpc) is 3.12. The smallest absolute Gasteiger partial charge is 0.267 e. The monoisotopic (exact) mass is 386 g/mol. The van der Waals surface area contributed by atoms with Gasteiger partial charge in [0.05, 0.1) is 18.4 Å². The zero-order valence-corrected chi connectivity index (χ0v) is 16.9. The van der Waals surface area contributed by atoms with E-state index >= 15 is 0 Å². The van der Waals surface area contributed by atoms with Gasteiger partial charge in [-0.2, -0.15) is 5.10 Å². The molecule has 2 aliphatic heterocycles. The molecule has 3 rings (SSSR count). The van der Waals surface area contributed by atoms with E-state index in [9.17, 15) is 9.59 Å². The summed E-state index contributed by atoms with van der Waals surface area (Å²) in [5, 5.41) is 9.04. The Balaban J connectivity index is 1.59. The van der Waals surface area contributed by atoms with Crippen LogP contribution in [0.5, 0.6) is 0 Å². The normalized spacial score (nSPS) is 23.0. The van der Waals surface area contributed by atoms with Crippen molar-refractivity contribution < 1.29 is 14.3 Å². The van der Waals surface area contributed by atoms with Crippen molar-refractivity contribution in [2.24, 2.45) is 11.0 Å². The number of amides is 1. The Morgan fingerprint density at radius 2 is 2.04 bits per heavy atom. The van der Waals surface area contributed by atoms with Crippen molar-refractivity contribution in [2.45, 2.75) is 39.3 Å². The first-order valence-electron chi connectivity index (χ1n) is 9.98. The Morgan fingerprint density at radius 3 is 2.71 bits per heavy atom. The molecule has 0 bridgehead atoms. The van der Waals surface area contributed by atoms with Crippen molar-refractivity contribution >= 4 is 23.1 Å². The standard InChI is InChI=1S/C21H30N4O3/c1-15(2)13-24-9-10-28-18(14-24)12-22-21(27)19-11-20(16(3)26)25(23-19)17-7-5-4-6-8-17/h4-8,15,18,20H,9-14H2,1-3H3,(H,22,27). The number of rotatable bonds is 7. The summed E-state index contributed by atoms with van der Waals surface area (Å²) in [5.74, 6) is 0.373. The number of Topliss-reactive ketones (excluding diaryl/α,β-unsaturated/α-hetero) is 1. The lowest BCUT2D eigenvalue weighted by atomic mass is 10.1. The van der Waals surface area contributed by atoms with E-state index in [-0.39, 0.29) is 17.8 Å². The highest BCUT2D eigenvalue weighted by Gasteiger charge is 2.34. The Morgan fingerprint density at radius 1 is 1.29 bits per heavy atom. The Labute approximate surface area is 166 Å². The second kappa shape index (κ2) is 9.30. The quantitative estimate of drug-likeness (QED) is 0.772. The third kappa shape index (κ3) is 5.17. The third-order valence-corrected chi connectivity index (χ3v) is 5.00. The van der Waals surface area contributed by atoms with Crippen LogP contribution < -0.4 is 10.3 Å². The molecule has 1 fully saturated rings. The van der Waals surface area contributed by atoms with Crippen LogP contribution in [0, 0.1) is 5.92 Å². The number of ether oxygens (including phenoxy) is 1. The van der Waals surface area contributed by atoms with Gasteiger partial charge in [0.25, 0.3) is 5.91 Å². The zero-order chi connectivity index (χ0) is 20.1. The number of hydrogen-bond donors (Lipinski definition) is 1. The van der Waals surface area contributed by atoms with Crippen LogP contribution in [-0.2, 0) is 14.3 Å². The van der Waals surface area contributed by atoms with Gasteiger partial charge >= 0.3 is 0 Å². The van der Waals surface area contributed by atoms with Crippen molar-refractivity contribution in [3.63, 3.8) is 0 Å².